The third kappa shape index (κ3) is 3.90. The lowest BCUT2D eigenvalue weighted by molar-refractivity contribution is -0.154. The van der Waals surface area contributed by atoms with Gasteiger partial charge < -0.3 is 10.1 Å². The molecule has 0 spiro atoms. The molecule has 86 valence electrons. The number of carbonyl (C=O) groups excluding carboxylic acids is 2. The lowest BCUT2D eigenvalue weighted by Crippen LogP contribution is -2.35. The summed E-state index contributed by atoms with van der Waals surface area (Å²) in [5.74, 6) is -0.118. The molecule has 1 N–H and O–H groups in total. The maximum atomic E-state index is 11.2. The molecule has 2 atom stereocenters. The van der Waals surface area contributed by atoms with Crippen LogP contribution in [-0.2, 0) is 14.3 Å². The first kappa shape index (κ1) is 12.0. The van der Waals surface area contributed by atoms with Crippen LogP contribution in [0.15, 0.2) is 0 Å². The highest BCUT2D eigenvalue weighted by Gasteiger charge is 2.23. The number of ether oxygens (including phenoxy) is 1. The summed E-state index contributed by atoms with van der Waals surface area (Å²) < 4.78 is 4.59. The Morgan fingerprint density at radius 1 is 1.40 bits per heavy atom. The Labute approximate surface area is 90.4 Å². The van der Waals surface area contributed by atoms with Crippen molar-refractivity contribution in [1.29, 1.82) is 0 Å². The summed E-state index contributed by atoms with van der Waals surface area (Å²) in [5.41, 5.74) is 0. The van der Waals surface area contributed by atoms with Gasteiger partial charge in [-0.3, -0.25) is 4.79 Å². The monoisotopic (exact) mass is 213 g/mol. The molecule has 1 rings (SSSR count). The van der Waals surface area contributed by atoms with Crippen LogP contribution in [0.1, 0.15) is 33.1 Å². The molecule has 1 aliphatic carbocycles. The number of nitrogens with one attached hydrogen (secondary N) is 1. The van der Waals surface area contributed by atoms with Crippen molar-refractivity contribution in [3.8, 4) is 0 Å². The highest BCUT2D eigenvalue weighted by Crippen LogP contribution is 2.29. The van der Waals surface area contributed by atoms with Gasteiger partial charge in [0.15, 0.2) is 0 Å². The van der Waals surface area contributed by atoms with Crippen LogP contribution >= 0.6 is 0 Å². The molecular formula is C11H19NO3. The van der Waals surface area contributed by atoms with Gasteiger partial charge in [0.2, 0.25) is 0 Å². The molecule has 0 bridgehead atoms. The Hall–Kier alpha value is -1.06. The van der Waals surface area contributed by atoms with Gasteiger partial charge >= 0.3 is 11.9 Å². The Bertz CT molecular complexity index is 240. The van der Waals surface area contributed by atoms with E-state index in [1.807, 2.05) is 0 Å². The number of esters is 1. The van der Waals surface area contributed by atoms with Crippen LogP contribution in [0, 0.1) is 11.8 Å². The van der Waals surface area contributed by atoms with Crippen molar-refractivity contribution >= 4 is 11.9 Å². The molecule has 0 aliphatic heterocycles. The standard InChI is InChI=1S/C11H19NO3/c1-3-15-11(14)10(13)12-7-9-5-4-8(2)6-9/h8-9H,3-7H2,1-2H3,(H,12,13)/t8-,9?/m1/s1. The Kier molecular flexibility index (Phi) is 4.59. The van der Waals surface area contributed by atoms with Crippen LogP contribution in [0.2, 0.25) is 0 Å². The molecule has 15 heavy (non-hydrogen) atoms. The van der Waals surface area contributed by atoms with Crippen LogP contribution in [0.5, 0.6) is 0 Å². The predicted octanol–water partition coefficient (Wildman–Crippen LogP) is 1.10. The smallest absolute Gasteiger partial charge is 0.396 e. The van der Waals surface area contributed by atoms with Crippen molar-refractivity contribution in [3.05, 3.63) is 0 Å². The number of amides is 1. The average molecular weight is 213 g/mol. The van der Waals surface area contributed by atoms with Crippen LogP contribution in [0.25, 0.3) is 0 Å². The summed E-state index contributed by atoms with van der Waals surface area (Å²) in [4.78, 5) is 22.2. The summed E-state index contributed by atoms with van der Waals surface area (Å²) >= 11 is 0. The fourth-order valence-corrected chi connectivity index (χ4v) is 2.02. The second-order valence-corrected chi connectivity index (χ2v) is 4.21. The number of rotatable bonds is 3. The molecule has 0 saturated heterocycles. The van der Waals surface area contributed by atoms with E-state index in [1.165, 1.54) is 6.42 Å². The minimum Gasteiger partial charge on any atom is -0.459 e. The maximum Gasteiger partial charge on any atom is 0.396 e. The lowest BCUT2D eigenvalue weighted by atomic mass is 10.1. The molecule has 1 amide bonds. The molecule has 0 aromatic heterocycles. The normalized spacial score (nSPS) is 24.9. The third-order valence-corrected chi connectivity index (χ3v) is 2.82. The maximum absolute atomic E-state index is 11.2. The lowest BCUT2D eigenvalue weighted by Gasteiger charge is -2.10. The van der Waals surface area contributed by atoms with E-state index in [0.29, 0.717) is 12.5 Å². The third-order valence-electron chi connectivity index (χ3n) is 2.82. The van der Waals surface area contributed by atoms with Gasteiger partial charge in [-0.15, -0.1) is 0 Å². The molecule has 0 heterocycles. The second kappa shape index (κ2) is 5.73. The molecule has 0 aromatic rings. The highest BCUT2D eigenvalue weighted by molar-refractivity contribution is 6.32. The summed E-state index contributed by atoms with van der Waals surface area (Å²) in [6.07, 6.45) is 3.51. The summed E-state index contributed by atoms with van der Waals surface area (Å²) in [7, 11) is 0. The van der Waals surface area contributed by atoms with Gasteiger partial charge in [0.05, 0.1) is 6.61 Å². The van der Waals surface area contributed by atoms with Crippen LogP contribution < -0.4 is 5.32 Å². The quantitative estimate of drug-likeness (QED) is 0.564. The molecule has 0 radical (unpaired) electrons. The van der Waals surface area contributed by atoms with Crippen molar-refractivity contribution in [2.24, 2.45) is 11.8 Å². The van der Waals surface area contributed by atoms with Crippen LogP contribution in [0.4, 0.5) is 0 Å². The van der Waals surface area contributed by atoms with Gasteiger partial charge in [0.1, 0.15) is 0 Å². The van der Waals surface area contributed by atoms with Gasteiger partial charge in [-0.2, -0.15) is 0 Å². The van der Waals surface area contributed by atoms with Gasteiger partial charge in [-0.25, -0.2) is 4.79 Å². The SMILES string of the molecule is CCOC(=O)C(=O)NCC1CC[C@@H](C)C1. The zero-order valence-corrected chi connectivity index (χ0v) is 9.41. The first-order chi connectivity index (χ1) is 7.13. The van der Waals surface area contributed by atoms with E-state index in [9.17, 15) is 9.59 Å². The minimum absolute atomic E-state index is 0.243. The van der Waals surface area contributed by atoms with Gasteiger partial charge in [0, 0.05) is 6.54 Å². The number of hydrogen-bond acceptors (Lipinski definition) is 3. The minimum atomic E-state index is -0.774. The van der Waals surface area contributed by atoms with E-state index in [1.54, 1.807) is 6.92 Å². The van der Waals surface area contributed by atoms with Gasteiger partial charge in [0.25, 0.3) is 0 Å². The zero-order chi connectivity index (χ0) is 11.3. The van der Waals surface area contributed by atoms with E-state index in [2.05, 4.69) is 17.0 Å². The summed E-state index contributed by atoms with van der Waals surface area (Å²) in [6, 6.07) is 0. The Balaban J connectivity index is 2.19. The molecule has 0 aromatic carbocycles. The average Bonchev–Trinajstić information content (AvgIpc) is 2.61. The summed E-state index contributed by atoms with van der Waals surface area (Å²) in [5, 5.41) is 2.62. The topological polar surface area (TPSA) is 55.4 Å². The zero-order valence-electron chi connectivity index (χ0n) is 9.41. The predicted molar refractivity (Wildman–Crippen MR) is 56.1 cm³/mol. The second-order valence-electron chi connectivity index (χ2n) is 4.21. The molecule has 4 nitrogen and oxygen atoms in total. The first-order valence-electron chi connectivity index (χ1n) is 5.58. The van der Waals surface area contributed by atoms with E-state index >= 15 is 0 Å². The van der Waals surface area contributed by atoms with E-state index < -0.39 is 11.9 Å². The molecule has 1 aliphatic rings. The Morgan fingerprint density at radius 2 is 2.13 bits per heavy atom. The van der Waals surface area contributed by atoms with E-state index in [4.69, 9.17) is 0 Å². The van der Waals surface area contributed by atoms with Crippen molar-refractivity contribution in [2.45, 2.75) is 33.1 Å². The van der Waals surface area contributed by atoms with Crippen LogP contribution in [-0.4, -0.2) is 25.0 Å². The molecule has 1 fully saturated rings. The molecular weight excluding hydrogens is 194 g/mol. The highest BCUT2D eigenvalue weighted by atomic mass is 16.5. The molecule has 1 saturated carbocycles. The van der Waals surface area contributed by atoms with Gasteiger partial charge in [-0.1, -0.05) is 13.3 Å². The largest absolute Gasteiger partial charge is 0.459 e. The fourth-order valence-electron chi connectivity index (χ4n) is 2.02. The van der Waals surface area contributed by atoms with Crippen molar-refractivity contribution in [2.75, 3.05) is 13.2 Å². The number of carbonyl (C=O) groups is 2. The van der Waals surface area contributed by atoms with Crippen molar-refractivity contribution in [1.82, 2.24) is 5.32 Å². The van der Waals surface area contributed by atoms with E-state index in [-0.39, 0.29) is 6.61 Å². The Morgan fingerprint density at radius 3 is 2.67 bits per heavy atom. The molecule has 4 heteroatoms. The van der Waals surface area contributed by atoms with Gasteiger partial charge in [-0.05, 0) is 31.6 Å². The van der Waals surface area contributed by atoms with E-state index in [0.717, 1.165) is 18.8 Å². The number of hydrogen-bond donors (Lipinski definition) is 1. The molecule has 1 unspecified atom stereocenters. The summed E-state index contributed by atoms with van der Waals surface area (Å²) in [6.45, 7) is 4.74. The van der Waals surface area contributed by atoms with Crippen molar-refractivity contribution < 1.29 is 14.3 Å². The fraction of sp³-hybridized carbons (Fsp3) is 0.818. The first-order valence-corrected chi connectivity index (χ1v) is 5.58. The van der Waals surface area contributed by atoms with Crippen LogP contribution in [0.3, 0.4) is 0 Å². The van der Waals surface area contributed by atoms with Crippen molar-refractivity contribution in [3.63, 3.8) is 0 Å².